The molecule has 0 aromatic heterocycles. The maximum Gasteiger partial charge on any atom is 0.247 e. The van der Waals surface area contributed by atoms with Crippen LogP contribution in [-0.4, -0.2) is 22.3 Å². The van der Waals surface area contributed by atoms with E-state index in [4.69, 9.17) is 10.3 Å². The molecule has 1 amide bonds. The molecule has 0 aromatic rings. The Balaban J connectivity index is 2.65. The predicted molar refractivity (Wildman–Crippen MR) is 39.3 cm³/mol. The van der Waals surface area contributed by atoms with E-state index in [0.717, 1.165) is 0 Å². The van der Waals surface area contributed by atoms with Crippen LogP contribution >= 0.6 is 12.0 Å². The summed E-state index contributed by atoms with van der Waals surface area (Å²) in [5.41, 5.74) is 5.44. The molecule has 5 heteroatoms. The monoisotopic (exact) mass is 160 g/mol. The summed E-state index contributed by atoms with van der Waals surface area (Å²) < 4.78 is 8.61. The number of carbonyl (C=O) groups is 1. The van der Waals surface area contributed by atoms with Gasteiger partial charge in [-0.05, 0) is 12.0 Å². The molecule has 56 valence electrons. The van der Waals surface area contributed by atoms with Crippen molar-refractivity contribution in [3.05, 3.63) is 11.8 Å². The third-order valence-corrected chi connectivity index (χ3v) is 1.99. The molecule has 0 aromatic carbocycles. The van der Waals surface area contributed by atoms with Crippen molar-refractivity contribution >= 4 is 17.9 Å². The van der Waals surface area contributed by atoms with Crippen molar-refractivity contribution in [3.63, 3.8) is 0 Å². The molecule has 1 atom stereocenters. The highest BCUT2D eigenvalue weighted by Gasteiger charge is 2.22. The number of nitrogens with one attached hydrogen (secondary N) is 1. The van der Waals surface area contributed by atoms with Gasteiger partial charge in [-0.25, -0.2) is 0 Å². The van der Waals surface area contributed by atoms with E-state index in [-0.39, 0.29) is 5.25 Å². The normalized spacial score (nSPS) is 23.7. The van der Waals surface area contributed by atoms with Crippen LogP contribution in [0.3, 0.4) is 0 Å². The largest absolute Gasteiger partial charge is 0.389 e. The maximum absolute atomic E-state index is 10.6. The molecule has 0 spiro atoms. The second-order valence-corrected chi connectivity index (χ2v) is 2.75. The Morgan fingerprint density at radius 1 is 2.00 bits per heavy atom. The Morgan fingerprint density at radius 3 is 3.10 bits per heavy atom. The zero-order chi connectivity index (χ0) is 7.56. The Kier molecular flexibility index (Phi) is 2.18. The number of primary amides is 1. The van der Waals surface area contributed by atoms with E-state index in [9.17, 15) is 4.79 Å². The first-order valence-electron chi connectivity index (χ1n) is 2.79. The topological polar surface area (TPSA) is 75.4 Å². The molecule has 0 bridgehead atoms. The van der Waals surface area contributed by atoms with Gasteiger partial charge in [0.15, 0.2) is 0 Å². The highest BCUT2D eigenvalue weighted by Crippen LogP contribution is 2.18. The molecule has 4 N–H and O–H groups in total. The molecule has 0 aliphatic carbocycles. The fourth-order valence-corrected chi connectivity index (χ4v) is 1.27. The van der Waals surface area contributed by atoms with Gasteiger partial charge in [0.2, 0.25) is 5.91 Å². The summed E-state index contributed by atoms with van der Waals surface area (Å²) in [6.07, 6.45) is 1.54. The highest BCUT2D eigenvalue weighted by atomic mass is 32.2. The third kappa shape index (κ3) is 1.25. The van der Waals surface area contributed by atoms with Gasteiger partial charge in [0, 0.05) is 18.3 Å². The third-order valence-electron chi connectivity index (χ3n) is 1.32. The van der Waals surface area contributed by atoms with Crippen molar-refractivity contribution < 1.29 is 9.35 Å². The average molecular weight is 160 g/mol. The summed E-state index contributed by atoms with van der Waals surface area (Å²) in [6.45, 7) is 0.569. The maximum atomic E-state index is 10.6. The van der Waals surface area contributed by atoms with Gasteiger partial charge in [-0.3, -0.25) is 4.79 Å². The molecule has 0 fully saturated rings. The molecule has 1 aliphatic heterocycles. The van der Waals surface area contributed by atoms with Crippen LogP contribution in [-0.2, 0) is 4.79 Å². The van der Waals surface area contributed by atoms with E-state index in [0.29, 0.717) is 24.2 Å². The standard InChI is InChI=1S/C5H8N2O2S/c6-5(8)3-1-7-2-4(3)10-9/h1,4,7,9H,2H2,(H2,6,8). The van der Waals surface area contributed by atoms with Crippen molar-refractivity contribution in [1.82, 2.24) is 5.32 Å². The van der Waals surface area contributed by atoms with E-state index in [1.807, 2.05) is 0 Å². The molecule has 1 rings (SSSR count). The summed E-state index contributed by atoms with van der Waals surface area (Å²) in [7, 11) is 0. The molecule has 1 aliphatic rings. The van der Waals surface area contributed by atoms with Crippen LogP contribution in [0.15, 0.2) is 11.8 Å². The van der Waals surface area contributed by atoms with Crippen molar-refractivity contribution in [3.8, 4) is 0 Å². The molecule has 0 saturated heterocycles. The van der Waals surface area contributed by atoms with Crippen molar-refractivity contribution in [1.29, 1.82) is 0 Å². The number of amides is 1. The van der Waals surface area contributed by atoms with Crippen LogP contribution in [0.1, 0.15) is 0 Å². The minimum absolute atomic E-state index is 0.197. The lowest BCUT2D eigenvalue weighted by atomic mass is 10.2. The van der Waals surface area contributed by atoms with Crippen LogP contribution in [0, 0.1) is 0 Å². The average Bonchev–Trinajstić information content (AvgIpc) is 2.33. The summed E-state index contributed by atoms with van der Waals surface area (Å²) >= 11 is 0.637. The van der Waals surface area contributed by atoms with Gasteiger partial charge in [-0.1, -0.05) is 0 Å². The molecule has 1 unspecified atom stereocenters. The number of rotatable bonds is 2. The number of carbonyl (C=O) groups excluding carboxylic acids is 1. The fraction of sp³-hybridized carbons (Fsp3) is 0.400. The van der Waals surface area contributed by atoms with Gasteiger partial charge >= 0.3 is 0 Å². The van der Waals surface area contributed by atoms with Gasteiger partial charge in [-0.2, -0.15) is 0 Å². The Bertz CT molecular complexity index is 180. The fourth-order valence-electron chi connectivity index (χ4n) is 0.803. The van der Waals surface area contributed by atoms with E-state index in [1.54, 1.807) is 0 Å². The lowest BCUT2D eigenvalue weighted by molar-refractivity contribution is -0.114. The first-order valence-corrected chi connectivity index (χ1v) is 3.63. The summed E-state index contributed by atoms with van der Waals surface area (Å²) in [5, 5.41) is 2.61. The molecular formula is C5H8N2O2S. The molecule has 0 radical (unpaired) electrons. The van der Waals surface area contributed by atoms with Gasteiger partial charge in [0.25, 0.3) is 0 Å². The summed E-state index contributed by atoms with van der Waals surface area (Å²) in [6, 6.07) is 0. The van der Waals surface area contributed by atoms with Crippen molar-refractivity contribution in [2.24, 2.45) is 5.73 Å². The number of hydrogen-bond acceptors (Lipinski definition) is 4. The molecular weight excluding hydrogens is 152 g/mol. The minimum Gasteiger partial charge on any atom is -0.389 e. The molecule has 1 heterocycles. The Hall–Kier alpha value is -0.680. The zero-order valence-corrected chi connectivity index (χ0v) is 6.02. The SMILES string of the molecule is NC(=O)C1=CNCC1SO. The summed E-state index contributed by atoms with van der Waals surface area (Å²) in [5.74, 6) is -0.475. The second kappa shape index (κ2) is 2.94. The van der Waals surface area contributed by atoms with Gasteiger partial charge in [0.1, 0.15) is 0 Å². The Labute approximate surface area is 62.7 Å². The first kappa shape index (κ1) is 7.43. The Morgan fingerprint density at radius 2 is 2.70 bits per heavy atom. The van der Waals surface area contributed by atoms with E-state index in [2.05, 4.69) is 5.32 Å². The predicted octanol–water partition coefficient (Wildman–Crippen LogP) is -0.466. The van der Waals surface area contributed by atoms with E-state index in [1.165, 1.54) is 6.20 Å². The van der Waals surface area contributed by atoms with Crippen LogP contribution < -0.4 is 11.1 Å². The van der Waals surface area contributed by atoms with Gasteiger partial charge in [0.05, 0.1) is 5.25 Å². The number of hydrogen-bond donors (Lipinski definition) is 3. The number of nitrogens with two attached hydrogens (primary N) is 1. The minimum atomic E-state index is -0.475. The molecule has 10 heavy (non-hydrogen) atoms. The van der Waals surface area contributed by atoms with Crippen molar-refractivity contribution in [2.45, 2.75) is 5.25 Å². The van der Waals surface area contributed by atoms with Crippen LogP contribution in [0.4, 0.5) is 0 Å². The smallest absolute Gasteiger partial charge is 0.247 e. The van der Waals surface area contributed by atoms with Gasteiger partial charge < -0.3 is 15.6 Å². The molecule has 0 saturated carbocycles. The van der Waals surface area contributed by atoms with Gasteiger partial charge in [-0.15, -0.1) is 0 Å². The second-order valence-electron chi connectivity index (χ2n) is 1.97. The van der Waals surface area contributed by atoms with Crippen LogP contribution in [0.5, 0.6) is 0 Å². The van der Waals surface area contributed by atoms with E-state index < -0.39 is 5.91 Å². The molecule has 4 nitrogen and oxygen atoms in total. The lowest BCUT2D eigenvalue weighted by Gasteiger charge is -2.04. The lowest BCUT2D eigenvalue weighted by Crippen LogP contribution is -2.21. The first-order chi connectivity index (χ1) is 4.75. The van der Waals surface area contributed by atoms with E-state index >= 15 is 0 Å². The highest BCUT2D eigenvalue weighted by molar-refractivity contribution is 7.94. The van der Waals surface area contributed by atoms with Crippen LogP contribution in [0.2, 0.25) is 0 Å². The quantitative estimate of drug-likeness (QED) is 0.477. The summed E-state index contributed by atoms with van der Waals surface area (Å²) in [4.78, 5) is 10.6. The van der Waals surface area contributed by atoms with Crippen LogP contribution in [0.25, 0.3) is 0 Å². The van der Waals surface area contributed by atoms with Crippen molar-refractivity contribution in [2.75, 3.05) is 6.54 Å². The zero-order valence-electron chi connectivity index (χ0n) is 5.20.